The Balaban J connectivity index is 0.00000289. The van der Waals surface area contributed by atoms with Crippen molar-refractivity contribution in [3.8, 4) is 5.75 Å². The van der Waals surface area contributed by atoms with Crippen molar-refractivity contribution in [3.05, 3.63) is 121 Å². The van der Waals surface area contributed by atoms with Crippen LogP contribution in [0.3, 0.4) is 0 Å². The molecule has 0 heterocycles. The van der Waals surface area contributed by atoms with Crippen molar-refractivity contribution < 1.29 is 26.3 Å². The molecule has 0 fully saturated rings. The molecule has 0 aliphatic rings. The van der Waals surface area contributed by atoms with Crippen molar-refractivity contribution in [2.24, 2.45) is 0 Å². The molecule has 0 atom stereocenters. The van der Waals surface area contributed by atoms with E-state index in [1.165, 1.54) is 22.0 Å². The lowest BCUT2D eigenvalue weighted by Gasteiger charge is -2.28. The number of ether oxygens (including phenoxy) is 2. The first-order valence-corrected chi connectivity index (χ1v) is 12.2. The third-order valence-electron chi connectivity index (χ3n) is 5.35. The van der Waals surface area contributed by atoms with Crippen LogP contribution in [0.2, 0.25) is 0 Å². The molecule has 32 heavy (non-hydrogen) atoms. The summed E-state index contributed by atoms with van der Waals surface area (Å²) in [4.78, 5) is 0. The first kappa shape index (κ1) is 23.9. The molecule has 0 spiro atoms. The molecule has 4 rings (SSSR count). The fraction of sp³-hybridized carbons (Fsp3) is 0.111. The van der Waals surface area contributed by atoms with Gasteiger partial charge in [-0.2, -0.15) is 0 Å². The lowest BCUT2D eigenvalue weighted by Crippen LogP contribution is -3.00. The summed E-state index contributed by atoms with van der Waals surface area (Å²) in [5, 5.41) is 3.73. The average molecular weight is 467 g/mol. The maximum absolute atomic E-state index is 14.4. The Kier molecular flexibility index (Phi) is 8.41. The predicted octanol–water partition coefficient (Wildman–Crippen LogP) is 2.31. The standard InChI is InChI=1S/C27H25FO2P.ClH/c1-29-21-30-27-18-17-23(28)19-22(27)20-31(24-11-5-2-6-12-24,25-13-7-3-8-14-25)26-15-9-4-10-16-26;/h2-19H,20-21H2,1H3;1H/q+1;/p-1. The van der Waals surface area contributed by atoms with Gasteiger partial charge in [0.05, 0.1) is 0 Å². The van der Waals surface area contributed by atoms with Gasteiger partial charge in [0, 0.05) is 12.7 Å². The van der Waals surface area contributed by atoms with E-state index in [9.17, 15) is 4.39 Å². The summed E-state index contributed by atoms with van der Waals surface area (Å²) in [7, 11) is -0.560. The summed E-state index contributed by atoms with van der Waals surface area (Å²) in [6.45, 7) is 0.117. The smallest absolute Gasteiger partial charge is 0.188 e. The van der Waals surface area contributed by atoms with Crippen LogP contribution in [-0.4, -0.2) is 13.9 Å². The van der Waals surface area contributed by atoms with Gasteiger partial charge in [0.2, 0.25) is 0 Å². The van der Waals surface area contributed by atoms with E-state index < -0.39 is 7.26 Å². The highest BCUT2D eigenvalue weighted by Crippen LogP contribution is 2.59. The van der Waals surface area contributed by atoms with Crippen LogP contribution in [0.4, 0.5) is 4.39 Å². The van der Waals surface area contributed by atoms with E-state index in [2.05, 4.69) is 72.8 Å². The molecule has 0 aliphatic heterocycles. The molecule has 5 heteroatoms. The first-order valence-electron chi connectivity index (χ1n) is 10.2. The van der Waals surface area contributed by atoms with Crippen molar-refractivity contribution in [3.63, 3.8) is 0 Å². The quantitative estimate of drug-likeness (QED) is 0.293. The summed E-state index contributed by atoms with van der Waals surface area (Å²) in [5.74, 6) is 0.377. The fourth-order valence-corrected chi connectivity index (χ4v) is 8.20. The van der Waals surface area contributed by atoms with E-state index in [4.69, 9.17) is 9.47 Å². The molecule has 0 bridgehead atoms. The van der Waals surface area contributed by atoms with Gasteiger partial charge in [-0.25, -0.2) is 4.39 Å². The van der Waals surface area contributed by atoms with Gasteiger partial charge in [0.1, 0.15) is 40.9 Å². The third kappa shape index (κ3) is 5.02. The normalized spacial score (nSPS) is 10.9. The van der Waals surface area contributed by atoms with Gasteiger partial charge < -0.3 is 21.9 Å². The maximum Gasteiger partial charge on any atom is 0.188 e. The molecular formula is C27H25ClFO2P. The zero-order valence-electron chi connectivity index (χ0n) is 17.8. The fourth-order valence-electron chi connectivity index (χ4n) is 3.96. The molecule has 0 saturated carbocycles. The van der Waals surface area contributed by atoms with Gasteiger partial charge in [-0.15, -0.1) is 0 Å². The largest absolute Gasteiger partial charge is 1.00 e. The Morgan fingerprint density at radius 3 is 1.59 bits per heavy atom. The average Bonchev–Trinajstić information content (AvgIpc) is 2.84. The summed E-state index contributed by atoms with van der Waals surface area (Å²) in [6, 6.07) is 36.4. The molecule has 0 aliphatic carbocycles. The monoisotopic (exact) mass is 466 g/mol. The second-order valence-corrected chi connectivity index (χ2v) is 10.8. The SMILES string of the molecule is COCOc1ccc(F)cc1C[P+](c1ccccc1)(c1ccccc1)c1ccccc1.[Cl-]. The van der Waals surface area contributed by atoms with E-state index in [-0.39, 0.29) is 25.0 Å². The first-order chi connectivity index (χ1) is 15.2. The Morgan fingerprint density at radius 1 is 0.688 bits per heavy atom. The molecule has 0 radical (unpaired) electrons. The van der Waals surface area contributed by atoms with Gasteiger partial charge >= 0.3 is 0 Å². The number of rotatable bonds is 8. The van der Waals surface area contributed by atoms with Crippen LogP contribution < -0.4 is 33.1 Å². The second kappa shape index (κ2) is 11.2. The summed E-state index contributed by atoms with van der Waals surface area (Å²) in [5.41, 5.74) is 0.835. The number of benzene rings is 4. The van der Waals surface area contributed by atoms with Gasteiger partial charge in [0.15, 0.2) is 6.79 Å². The van der Waals surface area contributed by atoms with E-state index >= 15 is 0 Å². The van der Waals surface area contributed by atoms with E-state index in [1.807, 2.05) is 18.2 Å². The minimum Gasteiger partial charge on any atom is -1.00 e. The van der Waals surface area contributed by atoms with Gasteiger partial charge in [0.25, 0.3) is 0 Å². The van der Waals surface area contributed by atoms with E-state index in [1.54, 1.807) is 19.2 Å². The third-order valence-corrected chi connectivity index (χ3v) is 9.71. The van der Waals surface area contributed by atoms with Gasteiger partial charge in [-0.1, -0.05) is 54.6 Å². The van der Waals surface area contributed by atoms with E-state index in [0.29, 0.717) is 11.9 Å². The second-order valence-electron chi connectivity index (χ2n) is 7.28. The number of hydrogen-bond donors (Lipinski definition) is 0. The molecule has 164 valence electrons. The molecule has 0 unspecified atom stereocenters. The molecule has 0 aromatic heterocycles. The van der Waals surface area contributed by atoms with Crippen LogP contribution in [0.5, 0.6) is 5.75 Å². The Hall–Kier alpha value is -2.71. The van der Waals surface area contributed by atoms with E-state index in [0.717, 1.165) is 5.56 Å². The molecule has 0 amide bonds. The minimum atomic E-state index is -2.14. The minimum absolute atomic E-state index is 0. The lowest BCUT2D eigenvalue weighted by atomic mass is 10.2. The molecule has 4 aromatic rings. The van der Waals surface area contributed by atoms with Gasteiger partial charge in [-0.3, -0.25) is 0 Å². The van der Waals surface area contributed by atoms with Crippen LogP contribution in [-0.2, 0) is 10.9 Å². The maximum atomic E-state index is 14.4. The molecule has 2 nitrogen and oxygen atoms in total. The Morgan fingerprint density at radius 2 is 1.16 bits per heavy atom. The Bertz CT molecular complexity index is 1010. The van der Waals surface area contributed by atoms with Crippen LogP contribution in [0.1, 0.15) is 5.56 Å². The summed E-state index contributed by atoms with van der Waals surface area (Å²) < 4.78 is 25.3. The number of halogens is 2. The van der Waals surface area contributed by atoms with Crippen molar-refractivity contribution >= 4 is 23.2 Å². The van der Waals surface area contributed by atoms with Crippen LogP contribution in [0.25, 0.3) is 0 Å². The lowest BCUT2D eigenvalue weighted by molar-refractivity contribution is -0.00000984. The zero-order valence-corrected chi connectivity index (χ0v) is 19.5. The highest BCUT2D eigenvalue weighted by atomic mass is 35.5. The summed E-state index contributed by atoms with van der Waals surface area (Å²) >= 11 is 0. The zero-order chi connectivity index (χ0) is 21.5. The predicted molar refractivity (Wildman–Crippen MR) is 128 cm³/mol. The topological polar surface area (TPSA) is 18.5 Å². The van der Waals surface area contributed by atoms with Gasteiger partial charge in [-0.05, 0) is 54.6 Å². The highest BCUT2D eigenvalue weighted by Gasteiger charge is 2.46. The van der Waals surface area contributed by atoms with Crippen LogP contribution in [0, 0.1) is 5.82 Å². The van der Waals surface area contributed by atoms with Crippen LogP contribution in [0.15, 0.2) is 109 Å². The molecule has 0 N–H and O–H groups in total. The van der Waals surface area contributed by atoms with Crippen LogP contribution >= 0.6 is 7.26 Å². The van der Waals surface area contributed by atoms with Crippen molar-refractivity contribution in [2.75, 3.05) is 13.9 Å². The molecular weight excluding hydrogens is 442 g/mol. The number of hydrogen-bond acceptors (Lipinski definition) is 2. The Labute approximate surface area is 195 Å². The highest BCUT2D eigenvalue weighted by molar-refractivity contribution is 7.95. The van der Waals surface area contributed by atoms with Crippen molar-refractivity contribution in [1.29, 1.82) is 0 Å². The van der Waals surface area contributed by atoms with Crippen molar-refractivity contribution in [2.45, 2.75) is 6.16 Å². The number of methoxy groups -OCH3 is 1. The molecule has 0 saturated heterocycles. The summed E-state index contributed by atoms with van der Waals surface area (Å²) in [6.07, 6.45) is 0.641. The van der Waals surface area contributed by atoms with Crippen molar-refractivity contribution in [1.82, 2.24) is 0 Å². The molecule has 4 aromatic carbocycles.